The van der Waals surface area contributed by atoms with E-state index >= 15 is 0 Å². The predicted octanol–water partition coefficient (Wildman–Crippen LogP) is 5.60. The first kappa shape index (κ1) is 25.3. The van der Waals surface area contributed by atoms with Gasteiger partial charge in [0.05, 0.1) is 27.0 Å². The normalized spacial score (nSPS) is 12.2. The Morgan fingerprint density at radius 1 is 0.947 bits per heavy atom. The number of hydrogen-bond acceptors (Lipinski definition) is 7. The molecule has 1 aliphatic rings. The average Bonchev–Trinajstić information content (AvgIpc) is 3.58. The first-order valence-corrected chi connectivity index (χ1v) is 12.9. The number of methoxy groups -OCH3 is 3. The summed E-state index contributed by atoms with van der Waals surface area (Å²) in [5.41, 5.74) is 5.80. The molecule has 1 aromatic heterocycles. The largest absolute Gasteiger partial charge is 0.493 e. The standard InChI is InChI=1S/C29H27N3O5S/c1-17-6-5-7-20(12-17)28(34)32-11-10-19-13-18(8-9-23(19)32)22-16-38-29(30-22)31-27(33)21-14-24(35-2)26(37-4)25(15-21)36-3/h5-9,12-16H,10-11H2,1-4H3,(H,30,31,33). The van der Waals surface area contributed by atoms with Gasteiger partial charge in [-0.3, -0.25) is 14.9 Å². The van der Waals surface area contributed by atoms with Crippen LogP contribution in [-0.2, 0) is 6.42 Å². The molecule has 38 heavy (non-hydrogen) atoms. The van der Waals surface area contributed by atoms with Crippen molar-refractivity contribution in [3.63, 3.8) is 0 Å². The molecular weight excluding hydrogens is 502 g/mol. The van der Waals surface area contributed by atoms with E-state index in [0.29, 0.717) is 40.1 Å². The summed E-state index contributed by atoms with van der Waals surface area (Å²) >= 11 is 1.34. The van der Waals surface area contributed by atoms with E-state index in [4.69, 9.17) is 14.2 Å². The Kier molecular flexibility index (Phi) is 7.02. The van der Waals surface area contributed by atoms with Crippen LogP contribution in [0.5, 0.6) is 17.2 Å². The molecule has 1 aliphatic heterocycles. The van der Waals surface area contributed by atoms with Crippen LogP contribution in [-0.4, -0.2) is 44.7 Å². The summed E-state index contributed by atoms with van der Waals surface area (Å²) in [6.07, 6.45) is 0.773. The van der Waals surface area contributed by atoms with Gasteiger partial charge in [-0.05, 0) is 55.3 Å². The third-order valence-electron chi connectivity index (χ3n) is 6.43. The summed E-state index contributed by atoms with van der Waals surface area (Å²) < 4.78 is 16.0. The van der Waals surface area contributed by atoms with E-state index < -0.39 is 0 Å². The zero-order valence-electron chi connectivity index (χ0n) is 21.5. The second kappa shape index (κ2) is 10.5. The fourth-order valence-electron chi connectivity index (χ4n) is 4.55. The lowest BCUT2D eigenvalue weighted by Crippen LogP contribution is -2.28. The highest BCUT2D eigenvalue weighted by molar-refractivity contribution is 7.14. The molecule has 0 saturated heterocycles. The highest BCUT2D eigenvalue weighted by Gasteiger charge is 2.26. The Morgan fingerprint density at radius 2 is 1.71 bits per heavy atom. The maximum absolute atomic E-state index is 13.1. The Bertz CT molecular complexity index is 1510. The van der Waals surface area contributed by atoms with Crippen molar-refractivity contribution in [3.8, 4) is 28.5 Å². The molecule has 8 nitrogen and oxygen atoms in total. The van der Waals surface area contributed by atoms with Gasteiger partial charge in [0.25, 0.3) is 11.8 Å². The number of aromatic nitrogens is 1. The first-order chi connectivity index (χ1) is 18.4. The van der Waals surface area contributed by atoms with Gasteiger partial charge < -0.3 is 19.1 Å². The molecule has 9 heteroatoms. The molecular formula is C29H27N3O5S. The first-order valence-electron chi connectivity index (χ1n) is 12.0. The number of nitrogens with one attached hydrogen (secondary N) is 1. The SMILES string of the molecule is COc1cc(C(=O)Nc2nc(-c3ccc4c(c3)CCN4C(=O)c3cccc(C)c3)cs2)cc(OC)c1OC. The van der Waals surface area contributed by atoms with Crippen LogP contribution in [0.3, 0.4) is 0 Å². The predicted molar refractivity (Wildman–Crippen MR) is 148 cm³/mol. The van der Waals surface area contributed by atoms with Crippen molar-refractivity contribution in [1.82, 2.24) is 4.98 Å². The van der Waals surface area contributed by atoms with Crippen LogP contribution < -0.4 is 24.4 Å². The van der Waals surface area contributed by atoms with Gasteiger partial charge in [-0.25, -0.2) is 4.98 Å². The number of amides is 2. The molecule has 1 N–H and O–H groups in total. The number of thiazole rings is 1. The molecule has 0 aliphatic carbocycles. The number of aryl methyl sites for hydroxylation is 1. The minimum absolute atomic E-state index is 0.00523. The van der Waals surface area contributed by atoms with Gasteiger partial charge in [0.15, 0.2) is 16.6 Å². The van der Waals surface area contributed by atoms with E-state index in [2.05, 4.69) is 16.4 Å². The van der Waals surface area contributed by atoms with Gasteiger partial charge in [-0.15, -0.1) is 11.3 Å². The topological polar surface area (TPSA) is 90.0 Å². The number of nitrogens with zero attached hydrogens (tertiary/aromatic N) is 2. The van der Waals surface area contributed by atoms with Crippen LogP contribution in [0.15, 0.2) is 60.0 Å². The second-order valence-corrected chi connectivity index (χ2v) is 9.68. The Morgan fingerprint density at radius 3 is 2.39 bits per heavy atom. The smallest absolute Gasteiger partial charge is 0.258 e. The molecule has 2 heterocycles. The molecule has 0 unspecified atom stereocenters. The van der Waals surface area contributed by atoms with Crippen LogP contribution in [0.2, 0.25) is 0 Å². The van der Waals surface area contributed by atoms with Crippen molar-refractivity contribution in [2.45, 2.75) is 13.3 Å². The maximum Gasteiger partial charge on any atom is 0.258 e. The zero-order chi connectivity index (χ0) is 26.8. The molecule has 194 valence electrons. The molecule has 0 radical (unpaired) electrons. The second-order valence-electron chi connectivity index (χ2n) is 8.83. The summed E-state index contributed by atoms with van der Waals surface area (Å²) in [6.45, 7) is 2.62. The fraction of sp³-hybridized carbons (Fsp3) is 0.207. The molecule has 5 rings (SSSR count). The van der Waals surface area contributed by atoms with Gasteiger partial charge in [-0.1, -0.05) is 23.8 Å². The third-order valence-corrected chi connectivity index (χ3v) is 7.19. The van der Waals surface area contributed by atoms with E-state index in [1.165, 1.54) is 32.7 Å². The minimum Gasteiger partial charge on any atom is -0.493 e. The molecule has 0 atom stereocenters. The molecule has 0 spiro atoms. The summed E-state index contributed by atoms with van der Waals surface area (Å²) in [4.78, 5) is 32.5. The van der Waals surface area contributed by atoms with E-state index in [-0.39, 0.29) is 11.8 Å². The minimum atomic E-state index is -0.343. The highest BCUT2D eigenvalue weighted by atomic mass is 32.1. The van der Waals surface area contributed by atoms with Gasteiger partial charge in [-0.2, -0.15) is 0 Å². The fourth-order valence-corrected chi connectivity index (χ4v) is 5.27. The van der Waals surface area contributed by atoms with Crippen molar-refractivity contribution in [3.05, 3.63) is 82.2 Å². The van der Waals surface area contributed by atoms with E-state index in [1.807, 2.05) is 53.6 Å². The molecule has 3 aromatic carbocycles. The quantitative estimate of drug-likeness (QED) is 0.335. The number of anilines is 2. The van der Waals surface area contributed by atoms with Crippen LogP contribution in [0.25, 0.3) is 11.3 Å². The van der Waals surface area contributed by atoms with Gasteiger partial charge in [0.2, 0.25) is 5.75 Å². The van der Waals surface area contributed by atoms with Crippen LogP contribution in [0.4, 0.5) is 10.8 Å². The lowest BCUT2D eigenvalue weighted by atomic mass is 10.1. The summed E-state index contributed by atoms with van der Waals surface area (Å²) in [7, 11) is 4.51. The number of rotatable bonds is 7. The maximum atomic E-state index is 13.1. The Hall–Kier alpha value is -4.37. The van der Waals surface area contributed by atoms with Crippen LogP contribution in [0, 0.1) is 6.92 Å². The van der Waals surface area contributed by atoms with Crippen molar-refractivity contribution in [2.75, 3.05) is 38.1 Å². The van der Waals surface area contributed by atoms with Crippen molar-refractivity contribution >= 4 is 34.0 Å². The number of carbonyl (C=O) groups excluding carboxylic acids is 2. The number of benzene rings is 3. The summed E-state index contributed by atoms with van der Waals surface area (Å²) in [5.74, 6) is 0.865. The van der Waals surface area contributed by atoms with Crippen molar-refractivity contribution < 1.29 is 23.8 Å². The number of hydrogen-bond donors (Lipinski definition) is 1. The number of fused-ring (bicyclic) bond motifs is 1. The van der Waals surface area contributed by atoms with Crippen LogP contribution in [0.1, 0.15) is 31.8 Å². The van der Waals surface area contributed by atoms with Gasteiger partial charge in [0.1, 0.15) is 0 Å². The third kappa shape index (κ3) is 4.80. The lowest BCUT2D eigenvalue weighted by molar-refractivity contribution is 0.0987. The molecule has 4 aromatic rings. The van der Waals surface area contributed by atoms with E-state index in [0.717, 1.165) is 34.5 Å². The molecule has 0 bridgehead atoms. The summed E-state index contributed by atoms with van der Waals surface area (Å²) in [5, 5.41) is 5.22. The van der Waals surface area contributed by atoms with E-state index in [1.54, 1.807) is 12.1 Å². The molecule has 2 amide bonds. The Balaban J connectivity index is 1.33. The highest BCUT2D eigenvalue weighted by Crippen LogP contribution is 2.39. The number of ether oxygens (including phenoxy) is 3. The van der Waals surface area contributed by atoms with Gasteiger partial charge >= 0.3 is 0 Å². The monoisotopic (exact) mass is 529 g/mol. The van der Waals surface area contributed by atoms with E-state index in [9.17, 15) is 9.59 Å². The van der Waals surface area contributed by atoms with Crippen molar-refractivity contribution in [1.29, 1.82) is 0 Å². The Labute approximate surface area is 224 Å². The number of carbonyl (C=O) groups is 2. The average molecular weight is 530 g/mol. The molecule has 0 fully saturated rings. The zero-order valence-corrected chi connectivity index (χ0v) is 22.3. The lowest BCUT2D eigenvalue weighted by Gasteiger charge is -2.18. The van der Waals surface area contributed by atoms with Crippen molar-refractivity contribution in [2.24, 2.45) is 0 Å². The van der Waals surface area contributed by atoms with Gasteiger partial charge in [0, 0.05) is 34.3 Å². The van der Waals surface area contributed by atoms with Crippen LogP contribution >= 0.6 is 11.3 Å². The molecule has 0 saturated carbocycles. The summed E-state index contributed by atoms with van der Waals surface area (Å²) in [6, 6.07) is 16.8.